The second kappa shape index (κ2) is 9.16. The zero-order chi connectivity index (χ0) is 25.7. The Morgan fingerprint density at radius 2 is 1.94 bits per heavy atom. The number of aryl methyl sites for hydroxylation is 1. The van der Waals surface area contributed by atoms with E-state index in [0.717, 1.165) is 4.57 Å². The molecule has 186 valence electrons. The van der Waals surface area contributed by atoms with Crippen molar-refractivity contribution in [1.29, 1.82) is 0 Å². The molecule has 9 nitrogen and oxygen atoms in total. The van der Waals surface area contributed by atoms with Crippen LogP contribution in [0.15, 0.2) is 46.4 Å². The smallest absolute Gasteiger partial charge is 0.336 e. The zero-order valence-corrected chi connectivity index (χ0v) is 21.5. The first kappa shape index (κ1) is 24.2. The molecule has 0 spiro atoms. The summed E-state index contributed by atoms with van der Waals surface area (Å²) >= 11 is 7.55. The van der Waals surface area contributed by atoms with Gasteiger partial charge in [-0.15, -0.1) is 11.3 Å². The number of aromatic nitrogens is 5. The van der Waals surface area contributed by atoms with Gasteiger partial charge in [-0.1, -0.05) is 11.6 Å². The minimum Gasteiger partial charge on any atom is -0.494 e. The van der Waals surface area contributed by atoms with E-state index in [0.29, 0.717) is 50.3 Å². The van der Waals surface area contributed by atoms with Gasteiger partial charge >= 0.3 is 5.69 Å². The highest BCUT2D eigenvalue weighted by molar-refractivity contribution is 7.22. The molecule has 0 N–H and O–H groups in total. The molecule has 0 saturated carbocycles. The van der Waals surface area contributed by atoms with E-state index in [-0.39, 0.29) is 10.8 Å². The van der Waals surface area contributed by atoms with E-state index >= 15 is 0 Å². The molecular weight excluding hydrogens is 507 g/mol. The maximum atomic E-state index is 14.2. The van der Waals surface area contributed by atoms with Crippen LogP contribution in [-0.2, 0) is 13.6 Å². The lowest BCUT2D eigenvalue weighted by atomic mass is 10.1. The first-order valence-electron chi connectivity index (χ1n) is 10.9. The van der Waals surface area contributed by atoms with Gasteiger partial charge in [0.05, 0.1) is 41.2 Å². The van der Waals surface area contributed by atoms with Gasteiger partial charge in [-0.3, -0.25) is 19.0 Å². The maximum absolute atomic E-state index is 14.2. The van der Waals surface area contributed by atoms with Crippen molar-refractivity contribution in [3.8, 4) is 21.9 Å². The molecule has 0 aliphatic heterocycles. The molecule has 0 saturated heterocycles. The van der Waals surface area contributed by atoms with E-state index in [1.165, 1.54) is 36.8 Å². The summed E-state index contributed by atoms with van der Waals surface area (Å²) in [5.74, 6) is -0.558. The van der Waals surface area contributed by atoms with E-state index in [4.69, 9.17) is 16.3 Å². The SMILES string of the molecule is COc1cc(-c2cc3c(s2)c(=O)n(-c2cncc4cnn(C)c24)c(=O)n3CCN(C)C)c(Cl)cc1F. The van der Waals surface area contributed by atoms with E-state index in [9.17, 15) is 14.0 Å². The molecule has 36 heavy (non-hydrogen) atoms. The monoisotopic (exact) mass is 528 g/mol. The van der Waals surface area contributed by atoms with Gasteiger partial charge in [0.2, 0.25) is 0 Å². The molecule has 5 aromatic rings. The van der Waals surface area contributed by atoms with Crippen molar-refractivity contribution >= 4 is 44.1 Å². The fraction of sp³-hybridized carbons (Fsp3) is 0.250. The molecule has 0 fully saturated rings. The molecule has 4 aromatic heterocycles. The van der Waals surface area contributed by atoms with E-state index in [1.54, 1.807) is 34.8 Å². The maximum Gasteiger partial charge on any atom is 0.336 e. The van der Waals surface area contributed by atoms with Gasteiger partial charge in [-0.25, -0.2) is 13.8 Å². The standard InChI is InChI=1S/C24H22ClFN6O3S/c1-29(2)5-6-31-17-9-20(14-7-19(35-4)16(26)8-15(14)25)36-22(17)23(33)32(24(31)34)18-12-27-10-13-11-28-30(3)21(13)18/h7-12H,5-6H2,1-4H3. The van der Waals surface area contributed by atoms with Crippen LogP contribution in [0.1, 0.15) is 0 Å². The normalized spacial score (nSPS) is 11.8. The Morgan fingerprint density at radius 3 is 2.67 bits per heavy atom. The predicted molar refractivity (Wildman–Crippen MR) is 139 cm³/mol. The van der Waals surface area contributed by atoms with Crippen molar-refractivity contribution in [1.82, 2.24) is 28.8 Å². The molecule has 0 radical (unpaired) electrons. The minimum absolute atomic E-state index is 0.0308. The van der Waals surface area contributed by atoms with Crippen LogP contribution in [0, 0.1) is 5.82 Å². The number of nitrogens with zero attached hydrogens (tertiary/aromatic N) is 6. The first-order valence-corrected chi connectivity index (χ1v) is 12.1. The molecule has 1 aromatic carbocycles. The van der Waals surface area contributed by atoms with Gasteiger partial charge in [-0.2, -0.15) is 5.10 Å². The van der Waals surface area contributed by atoms with Gasteiger partial charge < -0.3 is 9.64 Å². The number of benzene rings is 1. The highest BCUT2D eigenvalue weighted by Gasteiger charge is 2.22. The molecule has 0 aliphatic rings. The lowest BCUT2D eigenvalue weighted by Gasteiger charge is -2.15. The summed E-state index contributed by atoms with van der Waals surface area (Å²) in [6, 6.07) is 4.40. The Labute approximate surface area is 213 Å². The van der Waals surface area contributed by atoms with Crippen LogP contribution in [0.2, 0.25) is 5.02 Å². The second-order valence-corrected chi connectivity index (χ2v) is 9.99. The molecule has 12 heteroatoms. The van der Waals surface area contributed by atoms with Crippen molar-refractivity contribution in [2.24, 2.45) is 7.05 Å². The minimum atomic E-state index is -0.589. The molecule has 0 atom stereocenters. The van der Waals surface area contributed by atoms with Crippen molar-refractivity contribution in [2.45, 2.75) is 6.54 Å². The van der Waals surface area contributed by atoms with Crippen molar-refractivity contribution in [2.75, 3.05) is 27.7 Å². The van der Waals surface area contributed by atoms with Gasteiger partial charge in [0.1, 0.15) is 4.70 Å². The number of methoxy groups -OCH3 is 1. The number of halogens is 2. The highest BCUT2D eigenvalue weighted by atomic mass is 35.5. The number of likely N-dealkylation sites (N-methyl/N-ethyl adjacent to an activating group) is 1. The molecule has 0 bridgehead atoms. The quantitative estimate of drug-likeness (QED) is 0.335. The Kier molecular flexibility index (Phi) is 6.15. The fourth-order valence-corrected chi connectivity index (χ4v) is 5.59. The third-order valence-corrected chi connectivity index (χ3v) is 7.42. The Bertz CT molecular complexity index is 1750. The fourth-order valence-electron chi connectivity index (χ4n) is 4.16. The summed E-state index contributed by atoms with van der Waals surface area (Å²) in [5, 5.41) is 5.13. The molecule has 5 rings (SSSR count). The second-order valence-electron chi connectivity index (χ2n) is 8.53. The Hall–Kier alpha value is -3.54. The number of hydrogen-bond acceptors (Lipinski definition) is 7. The number of rotatable bonds is 6. The van der Waals surface area contributed by atoms with Crippen LogP contribution >= 0.6 is 22.9 Å². The van der Waals surface area contributed by atoms with Crippen molar-refractivity contribution < 1.29 is 9.13 Å². The van der Waals surface area contributed by atoms with E-state index < -0.39 is 17.1 Å². The topological polar surface area (TPSA) is 87.2 Å². The van der Waals surface area contributed by atoms with Crippen LogP contribution < -0.4 is 16.0 Å². The summed E-state index contributed by atoms with van der Waals surface area (Å²) in [6.07, 6.45) is 4.76. The summed E-state index contributed by atoms with van der Waals surface area (Å²) in [4.78, 5) is 34.4. The lowest BCUT2D eigenvalue weighted by molar-refractivity contribution is 0.381. The molecule has 0 aliphatic carbocycles. The Balaban J connectivity index is 1.84. The summed E-state index contributed by atoms with van der Waals surface area (Å²) in [5.41, 5.74) is 0.979. The molecule has 0 amide bonds. The van der Waals surface area contributed by atoms with Crippen molar-refractivity contribution in [3.05, 3.63) is 68.5 Å². The average molecular weight is 529 g/mol. The van der Waals surface area contributed by atoms with Gasteiger partial charge in [-0.05, 0) is 32.3 Å². The van der Waals surface area contributed by atoms with Crippen LogP contribution in [0.5, 0.6) is 5.75 Å². The zero-order valence-electron chi connectivity index (χ0n) is 20.0. The number of thiophene rings is 1. The Morgan fingerprint density at radius 1 is 1.17 bits per heavy atom. The number of fused-ring (bicyclic) bond motifs is 2. The van der Waals surface area contributed by atoms with Crippen molar-refractivity contribution in [3.63, 3.8) is 0 Å². The van der Waals surface area contributed by atoms with Gasteiger partial charge in [0, 0.05) is 42.2 Å². The average Bonchev–Trinajstić information content (AvgIpc) is 3.44. The molecule has 4 heterocycles. The molecular formula is C24H22ClFN6O3S. The highest BCUT2D eigenvalue weighted by Crippen LogP contribution is 2.39. The van der Waals surface area contributed by atoms with Crippen LogP contribution in [0.4, 0.5) is 4.39 Å². The number of hydrogen-bond donors (Lipinski definition) is 0. The third kappa shape index (κ3) is 3.89. The van der Waals surface area contributed by atoms with Crippen LogP contribution in [0.3, 0.4) is 0 Å². The summed E-state index contributed by atoms with van der Waals surface area (Å²) in [7, 11) is 6.92. The lowest BCUT2D eigenvalue weighted by Crippen LogP contribution is -2.40. The number of ether oxygens (including phenoxy) is 1. The number of pyridine rings is 1. The van der Waals surface area contributed by atoms with Gasteiger partial charge in [0.15, 0.2) is 11.6 Å². The summed E-state index contributed by atoms with van der Waals surface area (Å²) in [6.45, 7) is 0.908. The van der Waals surface area contributed by atoms with E-state index in [1.807, 2.05) is 19.0 Å². The third-order valence-electron chi connectivity index (χ3n) is 5.96. The predicted octanol–water partition coefficient (Wildman–Crippen LogP) is 3.53. The first-order chi connectivity index (χ1) is 17.2. The van der Waals surface area contributed by atoms with Crippen LogP contribution in [0.25, 0.3) is 37.2 Å². The van der Waals surface area contributed by atoms with Gasteiger partial charge in [0.25, 0.3) is 5.56 Å². The molecule has 0 unspecified atom stereocenters. The summed E-state index contributed by atoms with van der Waals surface area (Å²) < 4.78 is 24.0. The van der Waals surface area contributed by atoms with Crippen LogP contribution in [-0.4, -0.2) is 56.5 Å². The largest absolute Gasteiger partial charge is 0.494 e. The van der Waals surface area contributed by atoms with E-state index in [2.05, 4.69) is 10.1 Å².